The van der Waals surface area contributed by atoms with Crippen molar-refractivity contribution in [3.63, 3.8) is 0 Å². The number of benzene rings is 1. The topological polar surface area (TPSA) is 41.5 Å². The molecule has 0 aromatic heterocycles. The molecule has 16 heavy (non-hydrogen) atoms. The Labute approximate surface area is 105 Å². The van der Waals surface area contributed by atoms with Crippen LogP contribution in [0.4, 0.5) is 5.69 Å². The van der Waals surface area contributed by atoms with E-state index in [1.165, 1.54) is 0 Å². The molecule has 1 unspecified atom stereocenters. The molecule has 0 fully saturated rings. The number of nitrogens with one attached hydrogen (secondary N) is 1. The first kappa shape index (κ1) is 13.6. The average molecular weight is 264 g/mol. The molecule has 1 aromatic carbocycles. The molecule has 0 aliphatic carbocycles. The zero-order valence-electron chi connectivity index (χ0n) is 9.04. The van der Waals surface area contributed by atoms with Gasteiger partial charge in [0.05, 0.1) is 23.4 Å². The van der Waals surface area contributed by atoms with E-state index in [0.717, 1.165) is 0 Å². The van der Waals surface area contributed by atoms with E-state index in [2.05, 4.69) is 5.32 Å². The number of aliphatic hydroxyl groups excluding tert-OH is 1. The minimum atomic E-state index is -0.560. The standard InChI is InChI=1S/C11H15Cl2NO2/c1-2-16-7-9(15)6-14-11-5-8(12)3-4-10(11)13/h3-5,9,14-15H,2,6-7H2,1H3. The van der Waals surface area contributed by atoms with Gasteiger partial charge in [0.1, 0.15) is 0 Å². The molecule has 0 saturated heterocycles. The van der Waals surface area contributed by atoms with Crippen molar-refractivity contribution < 1.29 is 9.84 Å². The predicted molar refractivity (Wildman–Crippen MR) is 67.5 cm³/mol. The van der Waals surface area contributed by atoms with Gasteiger partial charge in [-0.2, -0.15) is 0 Å². The maximum atomic E-state index is 9.54. The van der Waals surface area contributed by atoms with Crippen LogP contribution in [-0.2, 0) is 4.74 Å². The van der Waals surface area contributed by atoms with E-state index in [4.69, 9.17) is 27.9 Å². The predicted octanol–water partition coefficient (Wildman–Crippen LogP) is 2.80. The zero-order valence-corrected chi connectivity index (χ0v) is 10.6. The van der Waals surface area contributed by atoms with Crippen molar-refractivity contribution in [3.8, 4) is 0 Å². The van der Waals surface area contributed by atoms with E-state index in [0.29, 0.717) is 35.5 Å². The Bertz CT molecular complexity index is 334. The van der Waals surface area contributed by atoms with Crippen LogP contribution in [0.25, 0.3) is 0 Å². The van der Waals surface area contributed by atoms with Crippen molar-refractivity contribution in [2.75, 3.05) is 25.1 Å². The molecule has 1 aromatic rings. The van der Waals surface area contributed by atoms with E-state index < -0.39 is 6.10 Å². The highest BCUT2D eigenvalue weighted by Crippen LogP contribution is 2.25. The maximum Gasteiger partial charge on any atom is 0.0945 e. The Morgan fingerprint density at radius 3 is 2.88 bits per heavy atom. The summed E-state index contributed by atoms with van der Waals surface area (Å²) in [4.78, 5) is 0. The highest BCUT2D eigenvalue weighted by molar-refractivity contribution is 6.35. The SMILES string of the molecule is CCOCC(O)CNc1cc(Cl)ccc1Cl. The van der Waals surface area contributed by atoms with Gasteiger partial charge in [0.15, 0.2) is 0 Å². The molecule has 1 atom stereocenters. The Balaban J connectivity index is 2.44. The summed E-state index contributed by atoms with van der Waals surface area (Å²) in [6, 6.07) is 5.14. The van der Waals surface area contributed by atoms with Gasteiger partial charge in [0.25, 0.3) is 0 Å². The second-order valence-electron chi connectivity index (χ2n) is 3.32. The molecule has 2 N–H and O–H groups in total. The van der Waals surface area contributed by atoms with Crippen LogP contribution in [-0.4, -0.2) is 31.0 Å². The highest BCUT2D eigenvalue weighted by Gasteiger charge is 2.06. The van der Waals surface area contributed by atoms with E-state index in [9.17, 15) is 5.11 Å². The Morgan fingerprint density at radius 1 is 1.44 bits per heavy atom. The highest BCUT2D eigenvalue weighted by atomic mass is 35.5. The third-order valence-electron chi connectivity index (χ3n) is 1.97. The normalized spacial score (nSPS) is 12.5. The second-order valence-corrected chi connectivity index (χ2v) is 4.16. The molecule has 0 spiro atoms. The minimum absolute atomic E-state index is 0.307. The van der Waals surface area contributed by atoms with Crippen molar-refractivity contribution in [3.05, 3.63) is 28.2 Å². The van der Waals surface area contributed by atoms with Crippen LogP contribution in [0.1, 0.15) is 6.92 Å². The van der Waals surface area contributed by atoms with Crippen LogP contribution in [0.5, 0.6) is 0 Å². The molecule has 5 heteroatoms. The number of halogens is 2. The third kappa shape index (κ3) is 4.58. The van der Waals surface area contributed by atoms with Gasteiger partial charge in [0.2, 0.25) is 0 Å². The van der Waals surface area contributed by atoms with Crippen molar-refractivity contribution in [1.82, 2.24) is 0 Å². The molecule has 0 saturated carbocycles. The van der Waals surface area contributed by atoms with Crippen molar-refractivity contribution in [2.45, 2.75) is 13.0 Å². The molecule has 0 heterocycles. The fraction of sp³-hybridized carbons (Fsp3) is 0.455. The average Bonchev–Trinajstić information content (AvgIpc) is 2.27. The smallest absolute Gasteiger partial charge is 0.0945 e. The van der Waals surface area contributed by atoms with Crippen molar-refractivity contribution >= 4 is 28.9 Å². The molecular weight excluding hydrogens is 249 g/mol. The van der Waals surface area contributed by atoms with Gasteiger partial charge < -0.3 is 15.2 Å². The Kier molecular flexibility index (Phi) is 5.91. The van der Waals surface area contributed by atoms with Gasteiger partial charge in [-0.1, -0.05) is 23.2 Å². The first-order chi connectivity index (χ1) is 7.63. The molecule has 90 valence electrons. The lowest BCUT2D eigenvalue weighted by molar-refractivity contribution is 0.0496. The van der Waals surface area contributed by atoms with E-state index in [1.54, 1.807) is 18.2 Å². The van der Waals surface area contributed by atoms with Gasteiger partial charge in [-0.3, -0.25) is 0 Å². The van der Waals surface area contributed by atoms with Crippen LogP contribution < -0.4 is 5.32 Å². The Hall–Kier alpha value is -0.480. The number of ether oxygens (including phenoxy) is 1. The molecule has 0 amide bonds. The van der Waals surface area contributed by atoms with Crippen molar-refractivity contribution in [1.29, 1.82) is 0 Å². The van der Waals surface area contributed by atoms with Crippen molar-refractivity contribution in [2.24, 2.45) is 0 Å². The number of rotatable bonds is 6. The summed E-state index contributed by atoms with van der Waals surface area (Å²) < 4.78 is 5.09. The summed E-state index contributed by atoms with van der Waals surface area (Å²) >= 11 is 11.8. The minimum Gasteiger partial charge on any atom is -0.389 e. The monoisotopic (exact) mass is 263 g/mol. The first-order valence-electron chi connectivity index (χ1n) is 5.08. The number of hydrogen-bond donors (Lipinski definition) is 2. The molecule has 0 aliphatic heterocycles. The number of hydrogen-bond acceptors (Lipinski definition) is 3. The molecule has 1 rings (SSSR count). The zero-order chi connectivity index (χ0) is 12.0. The molecule has 0 aliphatic rings. The largest absolute Gasteiger partial charge is 0.389 e. The Morgan fingerprint density at radius 2 is 2.19 bits per heavy atom. The van der Waals surface area contributed by atoms with E-state index in [-0.39, 0.29) is 0 Å². The molecule has 3 nitrogen and oxygen atoms in total. The summed E-state index contributed by atoms with van der Waals surface area (Å²) in [5.41, 5.74) is 0.713. The molecular formula is C11H15Cl2NO2. The lowest BCUT2D eigenvalue weighted by Gasteiger charge is -2.13. The fourth-order valence-electron chi connectivity index (χ4n) is 1.17. The fourth-order valence-corrected chi connectivity index (χ4v) is 1.53. The van der Waals surface area contributed by atoms with E-state index in [1.807, 2.05) is 6.92 Å². The maximum absolute atomic E-state index is 9.54. The molecule has 0 radical (unpaired) electrons. The van der Waals surface area contributed by atoms with Crippen LogP contribution >= 0.6 is 23.2 Å². The quantitative estimate of drug-likeness (QED) is 0.830. The van der Waals surface area contributed by atoms with Crippen LogP contribution in [0, 0.1) is 0 Å². The summed E-state index contributed by atoms with van der Waals surface area (Å²) in [7, 11) is 0. The third-order valence-corrected chi connectivity index (χ3v) is 2.54. The van der Waals surface area contributed by atoms with Gasteiger partial charge >= 0.3 is 0 Å². The number of anilines is 1. The van der Waals surface area contributed by atoms with Crippen LogP contribution in [0.15, 0.2) is 18.2 Å². The van der Waals surface area contributed by atoms with E-state index >= 15 is 0 Å². The second kappa shape index (κ2) is 6.97. The lowest BCUT2D eigenvalue weighted by atomic mass is 10.3. The summed E-state index contributed by atoms with van der Waals surface area (Å²) in [6.45, 7) is 3.16. The van der Waals surface area contributed by atoms with Gasteiger partial charge in [0, 0.05) is 18.2 Å². The van der Waals surface area contributed by atoms with Crippen LogP contribution in [0.3, 0.4) is 0 Å². The summed E-state index contributed by atoms with van der Waals surface area (Å²) in [5, 5.41) is 13.7. The van der Waals surface area contributed by atoms with Crippen LogP contribution in [0.2, 0.25) is 10.0 Å². The summed E-state index contributed by atoms with van der Waals surface area (Å²) in [5.74, 6) is 0. The lowest BCUT2D eigenvalue weighted by Crippen LogP contribution is -2.24. The molecule has 0 bridgehead atoms. The van der Waals surface area contributed by atoms with Gasteiger partial charge in [-0.15, -0.1) is 0 Å². The van der Waals surface area contributed by atoms with Gasteiger partial charge in [-0.05, 0) is 25.1 Å². The van der Waals surface area contributed by atoms with Gasteiger partial charge in [-0.25, -0.2) is 0 Å². The summed E-state index contributed by atoms with van der Waals surface area (Å²) in [6.07, 6.45) is -0.560. The number of aliphatic hydroxyl groups is 1. The first-order valence-corrected chi connectivity index (χ1v) is 5.83.